The Labute approximate surface area is 157 Å². The van der Waals surface area contributed by atoms with Gasteiger partial charge < -0.3 is 4.74 Å². The molecule has 1 aromatic carbocycles. The number of rotatable bonds is 3. The van der Waals surface area contributed by atoms with Crippen LogP contribution in [0.2, 0.25) is 5.02 Å². The zero-order valence-electron chi connectivity index (χ0n) is 15.0. The number of nitrogens with zero attached hydrogens (tertiary/aromatic N) is 3. The van der Waals surface area contributed by atoms with E-state index in [-0.39, 0.29) is 11.2 Å². The molecule has 0 spiro atoms. The highest BCUT2D eigenvalue weighted by Crippen LogP contribution is 2.36. The third kappa shape index (κ3) is 2.91. The molecule has 0 amide bonds. The number of hydrogen-bond acceptors (Lipinski definition) is 4. The number of ether oxygens (including phenoxy) is 1. The van der Waals surface area contributed by atoms with E-state index in [2.05, 4.69) is 18.9 Å². The lowest BCUT2D eigenvalue weighted by Crippen LogP contribution is -2.28. The van der Waals surface area contributed by atoms with Gasteiger partial charge in [-0.2, -0.15) is 5.10 Å². The summed E-state index contributed by atoms with van der Waals surface area (Å²) in [6.07, 6.45) is 3.10. The summed E-state index contributed by atoms with van der Waals surface area (Å²) < 4.78 is 7.02. The van der Waals surface area contributed by atoms with Gasteiger partial charge in [0.2, 0.25) is 0 Å². The maximum atomic E-state index is 12.6. The number of fused-ring (bicyclic) bond motifs is 2. The predicted molar refractivity (Wildman–Crippen MR) is 101 cm³/mol. The zero-order valence-corrected chi connectivity index (χ0v) is 15.8. The number of methoxy groups -OCH3 is 1. The number of Topliss-reactive ketones (excluding diaryl/α,β-unsaturated/α-hetero) is 1. The number of aromatic nitrogens is 3. The van der Waals surface area contributed by atoms with E-state index >= 15 is 0 Å². The van der Waals surface area contributed by atoms with Crippen molar-refractivity contribution in [2.24, 2.45) is 5.41 Å². The van der Waals surface area contributed by atoms with Crippen LogP contribution in [-0.2, 0) is 17.8 Å². The molecule has 134 valence electrons. The number of halogens is 1. The zero-order chi connectivity index (χ0) is 18.5. The summed E-state index contributed by atoms with van der Waals surface area (Å²) in [4.78, 5) is 17.4. The van der Waals surface area contributed by atoms with Gasteiger partial charge in [0, 0.05) is 24.8 Å². The van der Waals surface area contributed by atoms with E-state index in [0.29, 0.717) is 23.6 Å². The van der Waals surface area contributed by atoms with Crippen molar-refractivity contribution in [3.63, 3.8) is 0 Å². The van der Waals surface area contributed by atoms with Crippen LogP contribution >= 0.6 is 11.6 Å². The molecule has 0 saturated carbocycles. The standard InChI is InChI=1S/C20H20ClN3O2/c1-20(2)8-15-14(17(25)9-20)10-24-19(22-15)18(16(23-24)11-26-3)12-5-4-6-13(21)7-12/h4-7,10H,8-9,11H2,1-3H3. The van der Waals surface area contributed by atoms with Crippen LogP contribution in [0.25, 0.3) is 16.8 Å². The molecule has 5 nitrogen and oxygen atoms in total. The molecule has 0 unspecified atom stereocenters. The average Bonchev–Trinajstić information content (AvgIpc) is 2.89. The largest absolute Gasteiger partial charge is 0.378 e. The van der Waals surface area contributed by atoms with E-state index in [1.165, 1.54) is 0 Å². The number of ketones is 1. The molecule has 0 bridgehead atoms. The fourth-order valence-electron chi connectivity index (χ4n) is 3.64. The van der Waals surface area contributed by atoms with Gasteiger partial charge >= 0.3 is 0 Å². The summed E-state index contributed by atoms with van der Waals surface area (Å²) in [5, 5.41) is 5.27. The topological polar surface area (TPSA) is 56.5 Å². The second-order valence-corrected chi connectivity index (χ2v) is 8.01. The summed E-state index contributed by atoms with van der Waals surface area (Å²) >= 11 is 6.19. The van der Waals surface area contributed by atoms with Gasteiger partial charge in [0.15, 0.2) is 11.4 Å². The molecule has 2 heterocycles. The van der Waals surface area contributed by atoms with E-state index < -0.39 is 0 Å². The van der Waals surface area contributed by atoms with Crippen molar-refractivity contribution in [3.05, 3.63) is 52.4 Å². The monoisotopic (exact) mass is 369 g/mol. The molecule has 3 aromatic rings. The number of carbonyl (C=O) groups excluding carboxylic acids is 1. The lowest BCUT2D eigenvalue weighted by Gasteiger charge is -2.29. The first-order chi connectivity index (χ1) is 12.4. The molecule has 0 fully saturated rings. The highest BCUT2D eigenvalue weighted by molar-refractivity contribution is 6.30. The van der Waals surface area contributed by atoms with Crippen LogP contribution in [0.5, 0.6) is 0 Å². The average molecular weight is 370 g/mol. The van der Waals surface area contributed by atoms with E-state index in [9.17, 15) is 4.79 Å². The first kappa shape index (κ1) is 17.2. The highest BCUT2D eigenvalue weighted by atomic mass is 35.5. The minimum Gasteiger partial charge on any atom is -0.378 e. The lowest BCUT2D eigenvalue weighted by molar-refractivity contribution is 0.0909. The van der Waals surface area contributed by atoms with E-state index in [1.54, 1.807) is 11.6 Å². The van der Waals surface area contributed by atoms with E-state index in [4.69, 9.17) is 21.3 Å². The fourth-order valence-corrected chi connectivity index (χ4v) is 3.83. The smallest absolute Gasteiger partial charge is 0.166 e. The number of benzene rings is 1. The van der Waals surface area contributed by atoms with Crippen molar-refractivity contribution in [2.45, 2.75) is 33.3 Å². The Morgan fingerprint density at radius 3 is 2.85 bits per heavy atom. The molecule has 0 radical (unpaired) electrons. The Bertz CT molecular complexity index is 1020. The van der Waals surface area contributed by atoms with Gasteiger partial charge in [0.05, 0.1) is 29.1 Å². The van der Waals surface area contributed by atoms with Gasteiger partial charge in [0.1, 0.15) is 0 Å². The Balaban J connectivity index is 1.98. The van der Waals surface area contributed by atoms with Gasteiger partial charge in [0.25, 0.3) is 0 Å². The molecule has 4 rings (SSSR count). The molecule has 26 heavy (non-hydrogen) atoms. The van der Waals surface area contributed by atoms with Gasteiger partial charge in [-0.25, -0.2) is 9.50 Å². The molecule has 1 aliphatic carbocycles. The van der Waals surface area contributed by atoms with Crippen molar-refractivity contribution in [1.29, 1.82) is 0 Å². The second kappa shape index (κ2) is 6.18. The summed E-state index contributed by atoms with van der Waals surface area (Å²) in [6.45, 7) is 4.56. The van der Waals surface area contributed by atoms with Crippen LogP contribution in [0.15, 0.2) is 30.5 Å². The molecule has 0 saturated heterocycles. The van der Waals surface area contributed by atoms with Gasteiger partial charge in [-0.1, -0.05) is 37.6 Å². The fraction of sp³-hybridized carbons (Fsp3) is 0.350. The van der Waals surface area contributed by atoms with E-state index in [0.717, 1.165) is 34.6 Å². The van der Waals surface area contributed by atoms with Crippen molar-refractivity contribution in [2.75, 3.05) is 7.11 Å². The number of hydrogen-bond donors (Lipinski definition) is 0. The molecule has 0 N–H and O–H groups in total. The van der Waals surface area contributed by atoms with Crippen molar-refractivity contribution in [1.82, 2.24) is 14.6 Å². The minimum absolute atomic E-state index is 0.0823. The SMILES string of the molecule is COCc1nn2cc3c(nc2c1-c1cccc(Cl)c1)CC(C)(C)CC3=O. The predicted octanol–water partition coefficient (Wildman–Crippen LogP) is 4.35. The quantitative estimate of drug-likeness (QED) is 0.688. The van der Waals surface area contributed by atoms with Crippen LogP contribution in [-0.4, -0.2) is 27.5 Å². The van der Waals surface area contributed by atoms with Gasteiger partial charge in [-0.05, 0) is 29.5 Å². The Morgan fingerprint density at radius 2 is 2.12 bits per heavy atom. The molecular weight excluding hydrogens is 350 g/mol. The Morgan fingerprint density at radius 1 is 1.31 bits per heavy atom. The first-order valence-corrected chi connectivity index (χ1v) is 8.95. The number of carbonyl (C=O) groups is 1. The van der Waals surface area contributed by atoms with Crippen LogP contribution in [0.1, 0.15) is 42.0 Å². The first-order valence-electron chi connectivity index (χ1n) is 8.57. The van der Waals surface area contributed by atoms with E-state index in [1.807, 2.05) is 30.5 Å². The normalized spacial score (nSPS) is 16.1. The molecule has 0 atom stereocenters. The Hall–Kier alpha value is -2.24. The second-order valence-electron chi connectivity index (χ2n) is 7.58. The summed E-state index contributed by atoms with van der Waals surface area (Å²) in [5.74, 6) is 0.124. The van der Waals surface area contributed by atoms with Crippen molar-refractivity contribution in [3.8, 4) is 11.1 Å². The minimum atomic E-state index is -0.0823. The van der Waals surface area contributed by atoms with Crippen molar-refractivity contribution < 1.29 is 9.53 Å². The maximum Gasteiger partial charge on any atom is 0.166 e. The third-order valence-corrected chi connectivity index (χ3v) is 4.98. The van der Waals surface area contributed by atoms with Crippen molar-refractivity contribution >= 4 is 23.0 Å². The van der Waals surface area contributed by atoms with Crippen LogP contribution < -0.4 is 0 Å². The molecular formula is C20H20ClN3O2. The lowest BCUT2D eigenvalue weighted by atomic mass is 9.76. The summed E-state index contributed by atoms with van der Waals surface area (Å²) in [7, 11) is 1.64. The molecule has 0 aliphatic heterocycles. The highest BCUT2D eigenvalue weighted by Gasteiger charge is 2.33. The van der Waals surface area contributed by atoms with Crippen LogP contribution in [0.3, 0.4) is 0 Å². The van der Waals surface area contributed by atoms with Crippen LogP contribution in [0.4, 0.5) is 0 Å². The molecule has 6 heteroatoms. The molecule has 2 aromatic heterocycles. The van der Waals surface area contributed by atoms with Gasteiger partial charge in [-0.3, -0.25) is 4.79 Å². The third-order valence-electron chi connectivity index (χ3n) is 4.74. The maximum absolute atomic E-state index is 12.6. The summed E-state index contributed by atoms with van der Waals surface area (Å²) in [5.41, 5.74) is 4.76. The Kier molecular flexibility index (Phi) is 4.09. The molecule has 1 aliphatic rings. The van der Waals surface area contributed by atoms with Crippen LogP contribution in [0, 0.1) is 5.41 Å². The van der Waals surface area contributed by atoms with Gasteiger partial charge in [-0.15, -0.1) is 0 Å². The summed E-state index contributed by atoms with van der Waals surface area (Å²) in [6, 6.07) is 7.62.